The van der Waals surface area contributed by atoms with Gasteiger partial charge in [0.1, 0.15) is 11.6 Å². The third kappa shape index (κ3) is 5.42. The molecule has 0 aliphatic heterocycles. The normalized spacial score (nSPS) is 11.9. The van der Waals surface area contributed by atoms with E-state index in [9.17, 15) is 5.11 Å². The standard InChI is InChI=1S/C22H27N5O2/c1-15(2)19(14-28)26-22-25-18(17-9-6-7-11-23-17)12-21(27-22)24-13-16-8-4-5-10-20(16)29-3/h4-12,15,19,28H,13-14H2,1-3H3,(H2,24,25,26,27)/t19-/m1/s1. The molecule has 0 bridgehead atoms. The van der Waals surface area contributed by atoms with Gasteiger partial charge >= 0.3 is 0 Å². The van der Waals surface area contributed by atoms with Crippen molar-refractivity contribution in [3.05, 3.63) is 60.3 Å². The molecule has 3 N–H and O–H groups in total. The molecule has 0 amide bonds. The third-order valence-corrected chi connectivity index (χ3v) is 4.62. The molecule has 29 heavy (non-hydrogen) atoms. The number of nitrogens with one attached hydrogen (secondary N) is 2. The van der Waals surface area contributed by atoms with Gasteiger partial charge in [-0.25, -0.2) is 4.98 Å². The molecule has 7 nitrogen and oxygen atoms in total. The van der Waals surface area contributed by atoms with Crippen molar-refractivity contribution >= 4 is 11.8 Å². The van der Waals surface area contributed by atoms with Crippen molar-refractivity contribution in [2.45, 2.75) is 26.4 Å². The average Bonchev–Trinajstić information content (AvgIpc) is 2.76. The molecule has 0 unspecified atom stereocenters. The molecule has 0 aliphatic rings. The SMILES string of the molecule is COc1ccccc1CNc1cc(-c2ccccn2)nc(N[C@H](CO)C(C)C)n1. The van der Waals surface area contributed by atoms with E-state index in [-0.39, 0.29) is 18.6 Å². The van der Waals surface area contributed by atoms with Gasteiger partial charge in [0.2, 0.25) is 5.95 Å². The largest absolute Gasteiger partial charge is 0.496 e. The quantitative estimate of drug-likeness (QED) is 0.512. The third-order valence-electron chi connectivity index (χ3n) is 4.62. The number of ether oxygens (including phenoxy) is 1. The first-order valence-corrected chi connectivity index (χ1v) is 9.64. The summed E-state index contributed by atoms with van der Waals surface area (Å²) < 4.78 is 5.42. The average molecular weight is 393 g/mol. The maximum atomic E-state index is 9.66. The van der Waals surface area contributed by atoms with Gasteiger partial charge in [0.15, 0.2) is 0 Å². The summed E-state index contributed by atoms with van der Waals surface area (Å²) in [5.74, 6) is 2.16. The van der Waals surface area contributed by atoms with Crippen LogP contribution in [0, 0.1) is 5.92 Å². The zero-order chi connectivity index (χ0) is 20.6. The number of hydrogen-bond donors (Lipinski definition) is 3. The second kappa shape index (κ2) is 9.84. The van der Waals surface area contributed by atoms with E-state index in [1.165, 1.54) is 0 Å². The van der Waals surface area contributed by atoms with E-state index in [4.69, 9.17) is 4.74 Å². The van der Waals surface area contributed by atoms with Gasteiger partial charge in [0.25, 0.3) is 0 Å². The predicted octanol–water partition coefficient (Wildman–Crippen LogP) is 3.59. The minimum absolute atomic E-state index is 0.00117. The molecular formula is C22H27N5O2. The van der Waals surface area contributed by atoms with Gasteiger partial charge in [0, 0.05) is 24.4 Å². The van der Waals surface area contributed by atoms with E-state index < -0.39 is 0 Å². The van der Waals surface area contributed by atoms with Crippen LogP contribution >= 0.6 is 0 Å². The molecule has 0 radical (unpaired) electrons. The molecule has 152 valence electrons. The topological polar surface area (TPSA) is 92.2 Å². The van der Waals surface area contributed by atoms with Crippen molar-refractivity contribution in [1.29, 1.82) is 0 Å². The summed E-state index contributed by atoms with van der Waals surface area (Å²) in [5.41, 5.74) is 2.48. The molecule has 3 aromatic rings. The van der Waals surface area contributed by atoms with Gasteiger partial charge in [0.05, 0.1) is 31.1 Å². The number of benzene rings is 1. The van der Waals surface area contributed by atoms with Gasteiger partial charge < -0.3 is 20.5 Å². The van der Waals surface area contributed by atoms with E-state index in [1.807, 2.05) is 62.4 Å². The van der Waals surface area contributed by atoms with Gasteiger partial charge in [-0.15, -0.1) is 0 Å². The fourth-order valence-electron chi connectivity index (χ4n) is 2.87. The Morgan fingerprint density at radius 3 is 2.52 bits per heavy atom. The number of rotatable bonds is 9. The highest BCUT2D eigenvalue weighted by Gasteiger charge is 2.15. The monoisotopic (exact) mass is 393 g/mol. The van der Waals surface area contributed by atoms with Crippen LogP contribution in [0.15, 0.2) is 54.7 Å². The number of aromatic nitrogens is 3. The second-order valence-corrected chi connectivity index (χ2v) is 7.02. The molecular weight excluding hydrogens is 366 g/mol. The lowest BCUT2D eigenvalue weighted by Crippen LogP contribution is -2.30. The highest BCUT2D eigenvalue weighted by atomic mass is 16.5. The minimum Gasteiger partial charge on any atom is -0.496 e. The van der Waals surface area contributed by atoms with Crippen molar-refractivity contribution in [3.8, 4) is 17.1 Å². The Kier molecular flexibility index (Phi) is 6.97. The lowest BCUT2D eigenvalue weighted by molar-refractivity contribution is 0.248. The van der Waals surface area contributed by atoms with Crippen LogP contribution in [-0.4, -0.2) is 39.8 Å². The Morgan fingerprint density at radius 2 is 1.83 bits per heavy atom. The fourth-order valence-corrected chi connectivity index (χ4v) is 2.87. The molecule has 0 aliphatic carbocycles. The number of pyridine rings is 1. The number of anilines is 2. The number of aliphatic hydroxyl groups excluding tert-OH is 1. The van der Waals surface area contributed by atoms with E-state index in [2.05, 4.69) is 25.6 Å². The highest BCUT2D eigenvalue weighted by Crippen LogP contribution is 2.23. The smallest absolute Gasteiger partial charge is 0.225 e. The molecule has 7 heteroatoms. The zero-order valence-corrected chi connectivity index (χ0v) is 17.0. The minimum atomic E-state index is -0.143. The molecule has 0 spiro atoms. The van der Waals surface area contributed by atoms with E-state index in [0.29, 0.717) is 24.0 Å². The Balaban J connectivity index is 1.89. The molecule has 0 saturated carbocycles. The molecule has 1 aromatic carbocycles. The molecule has 3 rings (SSSR count). The van der Waals surface area contributed by atoms with Crippen LogP contribution in [0.3, 0.4) is 0 Å². The maximum Gasteiger partial charge on any atom is 0.225 e. The summed E-state index contributed by atoms with van der Waals surface area (Å²) in [7, 11) is 1.66. The zero-order valence-electron chi connectivity index (χ0n) is 17.0. The first-order chi connectivity index (χ1) is 14.1. The number of aliphatic hydroxyl groups is 1. The summed E-state index contributed by atoms with van der Waals surface area (Å²) in [6, 6.07) is 15.3. The molecule has 0 saturated heterocycles. The molecule has 2 aromatic heterocycles. The Morgan fingerprint density at radius 1 is 1.03 bits per heavy atom. The summed E-state index contributed by atoms with van der Waals surface area (Å²) in [5, 5.41) is 16.2. The number of methoxy groups -OCH3 is 1. The molecule has 1 atom stereocenters. The van der Waals surface area contributed by atoms with E-state index >= 15 is 0 Å². The first-order valence-electron chi connectivity index (χ1n) is 9.64. The van der Waals surface area contributed by atoms with Gasteiger partial charge in [-0.05, 0) is 24.1 Å². The van der Waals surface area contributed by atoms with Crippen LogP contribution in [0.1, 0.15) is 19.4 Å². The number of para-hydroxylation sites is 1. The van der Waals surface area contributed by atoms with Crippen molar-refractivity contribution in [2.75, 3.05) is 24.4 Å². The lowest BCUT2D eigenvalue weighted by Gasteiger charge is -2.20. The summed E-state index contributed by atoms with van der Waals surface area (Å²) in [4.78, 5) is 13.6. The Bertz CT molecular complexity index is 918. The van der Waals surface area contributed by atoms with Crippen LogP contribution in [0.2, 0.25) is 0 Å². The van der Waals surface area contributed by atoms with Crippen molar-refractivity contribution in [1.82, 2.24) is 15.0 Å². The molecule has 2 heterocycles. The predicted molar refractivity (Wildman–Crippen MR) is 115 cm³/mol. The van der Waals surface area contributed by atoms with E-state index in [1.54, 1.807) is 13.3 Å². The van der Waals surface area contributed by atoms with Crippen LogP contribution in [0.4, 0.5) is 11.8 Å². The maximum absolute atomic E-state index is 9.66. The lowest BCUT2D eigenvalue weighted by atomic mass is 10.1. The van der Waals surface area contributed by atoms with E-state index in [0.717, 1.165) is 17.0 Å². The number of hydrogen-bond acceptors (Lipinski definition) is 7. The van der Waals surface area contributed by atoms with Crippen LogP contribution in [-0.2, 0) is 6.54 Å². The van der Waals surface area contributed by atoms with Crippen molar-refractivity contribution < 1.29 is 9.84 Å². The van der Waals surface area contributed by atoms with Gasteiger partial charge in [-0.1, -0.05) is 38.1 Å². The number of nitrogens with zero attached hydrogens (tertiary/aromatic N) is 3. The molecule has 0 fully saturated rings. The second-order valence-electron chi connectivity index (χ2n) is 7.02. The van der Waals surface area contributed by atoms with Crippen molar-refractivity contribution in [2.24, 2.45) is 5.92 Å². The highest BCUT2D eigenvalue weighted by molar-refractivity contribution is 5.61. The van der Waals surface area contributed by atoms with Crippen LogP contribution in [0.5, 0.6) is 5.75 Å². The van der Waals surface area contributed by atoms with Crippen molar-refractivity contribution in [3.63, 3.8) is 0 Å². The van der Waals surface area contributed by atoms with Crippen LogP contribution < -0.4 is 15.4 Å². The first kappa shape index (κ1) is 20.5. The Hall–Kier alpha value is -3.19. The Labute approximate surface area is 171 Å². The van der Waals surface area contributed by atoms with Crippen LogP contribution in [0.25, 0.3) is 11.4 Å². The van der Waals surface area contributed by atoms with Gasteiger partial charge in [-0.2, -0.15) is 4.98 Å². The summed E-state index contributed by atoms with van der Waals surface area (Å²) in [6.07, 6.45) is 1.73. The summed E-state index contributed by atoms with van der Waals surface area (Å²) >= 11 is 0. The summed E-state index contributed by atoms with van der Waals surface area (Å²) in [6.45, 7) is 4.63. The van der Waals surface area contributed by atoms with Gasteiger partial charge in [-0.3, -0.25) is 4.98 Å². The fraction of sp³-hybridized carbons (Fsp3) is 0.318.